The Morgan fingerprint density at radius 2 is 1.93 bits per heavy atom. The van der Waals surface area contributed by atoms with Crippen molar-refractivity contribution in [2.75, 3.05) is 0 Å². The molecule has 0 amide bonds. The molecule has 0 aromatic carbocycles. The second-order valence-corrected chi connectivity index (χ2v) is 3.54. The maximum absolute atomic E-state index is 12.3. The molecule has 1 aromatic heterocycles. The van der Waals surface area contributed by atoms with Crippen LogP contribution in [0.3, 0.4) is 0 Å². The second-order valence-electron chi connectivity index (χ2n) is 3.54. The van der Waals surface area contributed by atoms with E-state index in [2.05, 4.69) is 5.10 Å². The molecular formula is C9H9F3N2O. The van der Waals surface area contributed by atoms with Gasteiger partial charge in [-0.05, 0) is 31.2 Å². The summed E-state index contributed by atoms with van der Waals surface area (Å²) in [4.78, 5) is 11.1. The molecule has 0 fully saturated rings. The fraction of sp³-hybridized carbons (Fsp3) is 0.556. The van der Waals surface area contributed by atoms with Gasteiger partial charge < -0.3 is 0 Å². The highest BCUT2D eigenvalue weighted by Crippen LogP contribution is 2.22. The Morgan fingerprint density at radius 3 is 2.60 bits per heavy atom. The fourth-order valence-corrected chi connectivity index (χ4v) is 1.74. The zero-order chi connectivity index (χ0) is 11.1. The third-order valence-corrected chi connectivity index (χ3v) is 2.45. The van der Waals surface area contributed by atoms with Crippen molar-refractivity contribution in [1.82, 2.24) is 9.78 Å². The highest BCUT2D eigenvalue weighted by molar-refractivity contribution is 5.20. The van der Waals surface area contributed by atoms with Crippen molar-refractivity contribution in [1.29, 1.82) is 0 Å². The van der Waals surface area contributed by atoms with Gasteiger partial charge in [-0.2, -0.15) is 5.10 Å². The zero-order valence-electron chi connectivity index (χ0n) is 7.84. The summed E-state index contributed by atoms with van der Waals surface area (Å²) >= 11 is 0. The van der Waals surface area contributed by atoms with E-state index in [1.807, 2.05) is 0 Å². The average Bonchev–Trinajstić information content (AvgIpc) is 2.15. The Hall–Kier alpha value is -1.33. The van der Waals surface area contributed by atoms with Gasteiger partial charge in [0.25, 0.3) is 5.56 Å². The van der Waals surface area contributed by atoms with Crippen LogP contribution in [0.15, 0.2) is 10.9 Å². The molecule has 82 valence electrons. The molecule has 1 aliphatic rings. The molecule has 0 spiro atoms. The standard InChI is InChI=1S/C9H9F3N2O/c10-9(11,12)14-8(15)5-6-3-1-2-4-7(6)13-14/h5H,1-4H2. The fourth-order valence-electron chi connectivity index (χ4n) is 1.74. The number of hydrogen-bond donors (Lipinski definition) is 0. The topological polar surface area (TPSA) is 34.9 Å². The van der Waals surface area contributed by atoms with Crippen LogP contribution >= 0.6 is 0 Å². The Balaban J connectivity index is 2.55. The monoisotopic (exact) mass is 218 g/mol. The minimum atomic E-state index is -4.72. The average molecular weight is 218 g/mol. The van der Waals surface area contributed by atoms with Gasteiger partial charge in [0.2, 0.25) is 0 Å². The van der Waals surface area contributed by atoms with Crippen LogP contribution in [0, 0.1) is 0 Å². The summed E-state index contributed by atoms with van der Waals surface area (Å²) in [6.07, 6.45) is -1.81. The van der Waals surface area contributed by atoms with Crippen LogP contribution in [-0.2, 0) is 19.1 Å². The number of aromatic nitrogens is 2. The molecule has 0 saturated carbocycles. The quantitative estimate of drug-likeness (QED) is 0.662. The third kappa shape index (κ3) is 1.88. The molecule has 0 saturated heterocycles. The molecule has 15 heavy (non-hydrogen) atoms. The summed E-state index contributed by atoms with van der Waals surface area (Å²) in [5, 5.41) is 3.36. The SMILES string of the molecule is O=c1cc2c(nn1C(F)(F)F)CCCC2. The summed E-state index contributed by atoms with van der Waals surface area (Å²) < 4.78 is 36.6. The van der Waals surface area contributed by atoms with E-state index in [9.17, 15) is 18.0 Å². The number of halogens is 3. The molecule has 1 heterocycles. The zero-order valence-corrected chi connectivity index (χ0v) is 7.84. The highest BCUT2D eigenvalue weighted by Gasteiger charge is 2.34. The van der Waals surface area contributed by atoms with Crippen LogP contribution in [-0.4, -0.2) is 9.78 Å². The number of alkyl halides is 3. The summed E-state index contributed by atoms with van der Waals surface area (Å²) in [5.74, 6) is 0. The van der Waals surface area contributed by atoms with E-state index < -0.39 is 16.5 Å². The molecule has 0 bridgehead atoms. The highest BCUT2D eigenvalue weighted by atomic mass is 19.4. The predicted molar refractivity (Wildman–Crippen MR) is 46.4 cm³/mol. The molecule has 0 unspecified atom stereocenters. The van der Waals surface area contributed by atoms with E-state index >= 15 is 0 Å². The molecule has 0 radical (unpaired) electrons. The number of aryl methyl sites for hydroxylation is 2. The van der Waals surface area contributed by atoms with Crippen LogP contribution in [0.4, 0.5) is 13.2 Å². The summed E-state index contributed by atoms with van der Waals surface area (Å²) in [7, 11) is 0. The minimum absolute atomic E-state index is 0.392. The van der Waals surface area contributed by atoms with E-state index in [0.717, 1.165) is 18.9 Å². The molecule has 0 N–H and O–H groups in total. The number of hydrogen-bond acceptors (Lipinski definition) is 2. The molecule has 1 aliphatic carbocycles. The van der Waals surface area contributed by atoms with Crippen LogP contribution in [0.5, 0.6) is 0 Å². The Labute approximate surface area is 83.5 Å². The van der Waals surface area contributed by atoms with Crippen LogP contribution in [0.1, 0.15) is 24.1 Å². The van der Waals surface area contributed by atoms with Gasteiger partial charge in [-0.25, -0.2) is 0 Å². The first kappa shape index (κ1) is 10.2. The van der Waals surface area contributed by atoms with Gasteiger partial charge >= 0.3 is 6.30 Å². The van der Waals surface area contributed by atoms with Gasteiger partial charge in [0.15, 0.2) is 0 Å². The Kier molecular flexibility index (Phi) is 2.28. The van der Waals surface area contributed by atoms with E-state index in [1.165, 1.54) is 0 Å². The van der Waals surface area contributed by atoms with E-state index in [-0.39, 0.29) is 0 Å². The lowest BCUT2D eigenvalue weighted by Gasteiger charge is -2.16. The summed E-state index contributed by atoms with van der Waals surface area (Å²) in [6.45, 7) is 0. The molecular weight excluding hydrogens is 209 g/mol. The molecule has 6 heteroatoms. The Morgan fingerprint density at radius 1 is 1.27 bits per heavy atom. The first-order chi connectivity index (χ1) is 6.98. The minimum Gasteiger partial charge on any atom is -0.268 e. The maximum atomic E-state index is 12.3. The molecule has 0 atom stereocenters. The van der Waals surface area contributed by atoms with Gasteiger partial charge in [-0.15, -0.1) is 17.9 Å². The van der Waals surface area contributed by atoms with Crippen molar-refractivity contribution < 1.29 is 13.2 Å². The van der Waals surface area contributed by atoms with Crippen molar-refractivity contribution in [3.8, 4) is 0 Å². The normalized spacial score (nSPS) is 16.2. The third-order valence-electron chi connectivity index (χ3n) is 2.45. The van der Waals surface area contributed by atoms with Crippen molar-refractivity contribution in [2.45, 2.75) is 32.0 Å². The lowest BCUT2D eigenvalue weighted by Crippen LogP contribution is -2.34. The van der Waals surface area contributed by atoms with Crippen LogP contribution in [0.25, 0.3) is 0 Å². The second kappa shape index (κ2) is 3.36. The first-order valence-electron chi connectivity index (χ1n) is 4.68. The van der Waals surface area contributed by atoms with Crippen LogP contribution in [0.2, 0.25) is 0 Å². The largest absolute Gasteiger partial charge is 0.507 e. The summed E-state index contributed by atoms with van der Waals surface area (Å²) in [6, 6.07) is 1.05. The van der Waals surface area contributed by atoms with Crippen molar-refractivity contribution in [3.05, 3.63) is 27.7 Å². The predicted octanol–water partition coefficient (Wildman–Crippen LogP) is 1.60. The van der Waals surface area contributed by atoms with E-state index in [4.69, 9.17) is 0 Å². The van der Waals surface area contributed by atoms with Gasteiger partial charge in [0, 0.05) is 6.07 Å². The summed E-state index contributed by atoms with van der Waals surface area (Å²) in [5.41, 5.74) is -0.0342. The molecule has 2 rings (SSSR count). The van der Waals surface area contributed by atoms with Gasteiger partial charge in [0.05, 0.1) is 5.69 Å². The number of nitrogens with zero attached hydrogens (tertiary/aromatic N) is 2. The van der Waals surface area contributed by atoms with Crippen molar-refractivity contribution >= 4 is 0 Å². The van der Waals surface area contributed by atoms with Gasteiger partial charge in [-0.1, -0.05) is 0 Å². The molecule has 1 aromatic rings. The molecule has 3 nitrogen and oxygen atoms in total. The lowest BCUT2D eigenvalue weighted by atomic mass is 9.97. The van der Waals surface area contributed by atoms with Gasteiger partial charge in [-0.3, -0.25) is 4.79 Å². The molecule has 0 aliphatic heterocycles. The van der Waals surface area contributed by atoms with Gasteiger partial charge in [0.1, 0.15) is 0 Å². The van der Waals surface area contributed by atoms with Crippen molar-refractivity contribution in [3.63, 3.8) is 0 Å². The van der Waals surface area contributed by atoms with Crippen LogP contribution < -0.4 is 5.56 Å². The van der Waals surface area contributed by atoms with E-state index in [0.29, 0.717) is 24.1 Å². The van der Waals surface area contributed by atoms with E-state index in [1.54, 1.807) is 0 Å². The Bertz CT molecular complexity index is 436. The maximum Gasteiger partial charge on any atom is 0.507 e. The van der Waals surface area contributed by atoms with Crippen molar-refractivity contribution in [2.24, 2.45) is 0 Å². The first-order valence-corrected chi connectivity index (χ1v) is 4.68. The lowest BCUT2D eigenvalue weighted by molar-refractivity contribution is -0.215. The number of fused-ring (bicyclic) bond motifs is 1. The smallest absolute Gasteiger partial charge is 0.268 e. The number of rotatable bonds is 0.